The van der Waals surface area contributed by atoms with Crippen molar-refractivity contribution >= 4 is 23.0 Å². The molecule has 1 aromatic heterocycles. The van der Waals surface area contributed by atoms with E-state index < -0.39 is 0 Å². The highest BCUT2D eigenvalue weighted by Crippen LogP contribution is 2.33. The minimum absolute atomic E-state index is 0.0485. The largest absolute Gasteiger partial charge is 0.336 e. The Bertz CT molecular complexity index is 778. The summed E-state index contributed by atoms with van der Waals surface area (Å²) in [6.07, 6.45) is 1.49. The number of carbonyl (C=O) groups excluding carboxylic acids is 2. The fourth-order valence-electron chi connectivity index (χ4n) is 3.27. The van der Waals surface area contributed by atoms with Crippen molar-refractivity contribution in [1.29, 1.82) is 0 Å². The van der Waals surface area contributed by atoms with Crippen molar-refractivity contribution in [3.05, 3.63) is 56.8 Å². The van der Waals surface area contributed by atoms with Gasteiger partial charge in [0, 0.05) is 29.8 Å². The molecule has 3 rings (SSSR count). The fourth-order valence-corrected chi connectivity index (χ4v) is 4.24. The number of thiophene rings is 1. The smallest absolute Gasteiger partial charge is 0.223 e. The van der Waals surface area contributed by atoms with Crippen LogP contribution in [0.25, 0.3) is 0 Å². The van der Waals surface area contributed by atoms with Gasteiger partial charge in [0.25, 0.3) is 0 Å². The molecule has 1 aliphatic rings. The number of carbonyl (C=O) groups is 2. The summed E-state index contributed by atoms with van der Waals surface area (Å²) in [6, 6.07) is 7.98. The van der Waals surface area contributed by atoms with Crippen LogP contribution in [0.15, 0.2) is 29.6 Å². The first-order valence-electron chi connectivity index (χ1n) is 8.43. The molecule has 2 heterocycles. The van der Waals surface area contributed by atoms with Crippen molar-refractivity contribution in [1.82, 2.24) is 4.90 Å². The summed E-state index contributed by atoms with van der Waals surface area (Å²) in [7, 11) is 0. The van der Waals surface area contributed by atoms with E-state index in [4.69, 9.17) is 0 Å². The number of Topliss-reactive ketones (excluding diaryl/α,β-unsaturated/α-hetero) is 1. The van der Waals surface area contributed by atoms with Crippen LogP contribution in [-0.2, 0) is 11.2 Å². The Kier molecular flexibility index (Phi) is 4.86. The Balaban J connectivity index is 1.61. The third-order valence-corrected chi connectivity index (χ3v) is 5.99. The number of rotatable bonds is 4. The first-order chi connectivity index (χ1) is 11.5. The van der Waals surface area contributed by atoms with Crippen LogP contribution in [0.5, 0.6) is 0 Å². The van der Waals surface area contributed by atoms with Crippen molar-refractivity contribution in [3.63, 3.8) is 0 Å². The maximum atomic E-state index is 12.6. The van der Waals surface area contributed by atoms with Gasteiger partial charge in [0.2, 0.25) is 5.91 Å². The third-order valence-electron chi connectivity index (χ3n) is 4.99. The molecule has 24 heavy (non-hydrogen) atoms. The number of benzene rings is 1. The third kappa shape index (κ3) is 3.29. The minimum Gasteiger partial charge on any atom is -0.336 e. The molecule has 126 valence electrons. The summed E-state index contributed by atoms with van der Waals surface area (Å²) < 4.78 is 0. The normalized spacial score (nSPS) is 16.8. The van der Waals surface area contributed by atoms with Gasteiger partial charge in [-0.25, -0.2) is 0 Å². The highest BCUT2D eigenvalue weighted by molar-refractivity contribution is 7.10. The molecule has 1 aromatic carbocycles. The minimum atomic E-state index is 0.0485. The number of nitrogens with zero attached hydrogens (tertiary/aromatic N) is 1. The second-order valence-electron chi connectivity index (χ2n) is 6.53. The van der Waals surface area contributed by atoms with Crippen LogP contribution in [0.4, 0.5) is 0 Å². The Hall–Kier alpha value is -1.94. The van der Waals surface area contributed by atoms with E-state index in [-0.39, 0.29) is 30.6 Å². The van der Waals surface area contributed by atoms with Crippen LogP contribution in [0.2, 0.25) is 0 Å². The van der Waals surface area contributed by atoms with Crippen LogP contribution >= 0.6 is 11.3 Å². The summed E-state index contributed by atoms with van der Waals surface area (Å²) in [6.45, 7) is 6.87. The lowest BCUT2D eigenvalue weighted by Gasteiger charge is -2.33. The average Bonchev–Trinajstić information content (AvgIpc) is 3.04. The number of fused-ring (bicyclic) bond motifs is 1. The molecule has 0 N–H and O–H groups in total. The second-order valence-corrected chi connectivity index (χ2v) is 7.54. The Morgan fingerprint density at radius 2 is 1.96 bits per heavy atom. The van der Waals surface area contributed by atoms with E-state index in [0.717, 1.165) is 18.5 Å². The molecule has 0 fully saturated rings. The van der Waals surface area contributed by atoms with E-state index in [1.165, 1.54) is 16.0 Å². The van der Waals surface area contributed by atoms with Gasteiger partial charge in [-0.15, -0.1) is 11.3 Å². The summed E-state index contributed by atoms with van der Waals surface area (Å²) in [5, 5.41) is 2.10. The van der Waals surface area contributed by atoms with Crippen LogP contribution < -0.4 is 0 Å². The van der Waals surface area contributed by atoms with Gasteiger partial charge < -0.3 is 4.90 Å². The molecule has 2 aromatic rings. The zero-order valence-electron chi connectivity index (χ0n) is 14.5. The van der Waals surface area contributed by atoms with Crippen LogP contribution in [0.1, 0.15) is 57.7 Å². The van der Waals surface area contributed by atoms with Gasteiger partial charge in [-0.2, -0.15) is 0 Å². The molecule has 1 atom stereocenters. The van der Waals surface area contributed by atoms with Crippen LogP contribution in [0.3, 0.4) is 0 Å². The number of amides is 1. The van der Waals surface area contributed by atoms with E-state index in [2.05, 4.69) is 18.4 Å². The maximum Gasteiger partial charge on any atom is 0.223 e. The van der Waals surface area contributed by atoms with Crippen LogP contribution in [0, 0.1) is 13.8 Å². The van der Waals surface area contributed by atoms with Crippen molar-refractivity contribution in [3.8, 4) is 0 Å². The SMILES string of the molecule is Cc1ccc(C(=O)CCC(=O)N2CCc3sccc3[C@H]2C)cc1C. The molecule has 4 heteroatoms. The number of hydrogen-bond donors (Lipinski definition) is 0. The van der Waals surface area contributed by atoms with Crippen molar-refractivity contribution in [2.75, 3.05) is 6.54 Å². The van der Waals surface area contributed by atoms with Crippen molar-refractivity contribution in [2.45, 2.75) is 46.1 Å². The maximum absolute atomic E-state index is 12.6. The highest BCUT2D eigenvalue weighted by atomic mass is 32.1. The lowest BCUT2D eigenvalue weighted by Crippen LogP contribution is -2.38. The van der Waals surface area contributed by atoms with Gasteiger partial charge in [0.15, 0.2) is 5.78 Å². The molecule has 0 radical (unpaired) electrons. The van der Waals surface area contributed by atoms with Gasteiger partial charge in [0.1, 0.15) is 0 Å². The van der Waals surface area contributed by atoms with Crippen molar-refractivity contribution < 1.29 is 9.59 Å². The number of hydrogen-bond acceptors (Lipinski definition) is 3. The zero-order chi connectivity index (χ0) is 17.3. The summed E-state index contributed by atoms with van der Waals surface area (Å²) in [4.78, 5) is 28.2. The monoisotopic (exact) mass is 341 g/mol. The average molecular weight is 341 g/mol. The molecule has 0 saturated carbocycles. The molecule has 3 nitrogen and oxygen atoms in total. The highest BCUT2D eigenvalue weighted by Gasteiger charge is 2.28. The Labute approximate surface area is 147 Å². The summed E-state index contributed by atoms with van der Waals surface area (Å²) in [5.41, 5.74) is 4.26. The molecule has 1 aliphatic heterocycles. The quantitative estimate of drug-likeness (QED) is 0.769. The van der Waals surface area contributed by atoms with Gasteiger partial charge in [-0.3, -0.25) is 9.59 Å². The van der Waals surface area contributed by atoms with E-state index in [1.807, 2.05) is 36.9 Å². The first-order valence-corrected chi connectivity index (χ1v) is 9.31. The molecular weight excluding hydrogens is 318 g/mol. The van der Waals surface area contributed by atoms with Crippen molar-refractivity contribution in [2.24, 2.45) is 0 Å². The predicted molar refractivity (Wildman–Crippen MR) is 97.6 cm³/mol. The number of aryl methyl sites for hydroxylation is 2. The number of ketones is 1. The zero-order valence-corrected chi connectivity index (χ0v) is 15.3. The Morgan fingerprint density at radius 3 is 2.71 bits per heavy atom. The lowest BCUT2D eigenvalue weighted by atomic mass is 9.99. The first kappa shape index (κ1) is 16.9. The topological polar surface area (TPSA) is 37.4 Å². The van der Waals surface area contributed by atoms with Crippen LogP contribution in [-0.4, -0.2) is 23.1 Å². The molecule has 0 bridgehead atoms. The van der Waals surface area contributed by atoms with E-state index in [0.29, 0.717) is 5.56 Å². The second kappa shape index (κ2) is 6.89. The molecule has 0 spiro atoms. The van der Waals surface area contributed by atoms with Gasteiger partial charge in [0.05, 0.1) is 6.04 Å². The summed E-state index contributed by atoms with van der Waals surface area (Å²) in [5.74, 6) is 0.129. The van der Waals surface area contributed by atoms with Gasteiger partial charge in [-0.05, 0) is 61.4 Å². The lowest BCUT2D eigenvalue weighted by molar-refractivity contribution is -0.133. The molecule has 0 saturated heterocycles. The summed E-state index contributed by atoms with van der Waals surface area (Å²) >= 11 is 1.77. The predicted octanol–water partition coefficient (Wildman–Crippen LogP) is 4.47. The van der Waals surface area contributed by atoms with E-state index >= 15 is 0 Å². The molecule has 1 amide bonds. The van der Waals surface area contributed by atoms with E-state index in [9.17, 15) is 9.59 Å². The van der Waals surface area contributed by atoms with Gasteiger partial charge in [-0.1, -0.05) is 12.1 Å². The Morgan fingerprint density at radius 1 is 1.17 bits per heavy atom. The molecule has 0 aliphatic carbocycles. The van der Waals surface area contributed by atoms with Gasteiger partial charge >= 0.3 is 0 Å². The molecule has 0 unspecified atom stereocenters. The standard InChI is InChI=1S/C20H23NO2S/c1-13-4-5-16(12-14(13)2)18(22)6-7-20(23)21-10-8-19-17(15(21)3)9-11-24-19/h4-5,9,11-12,15H,6-8,10H2,1-3H3/t15-/m1/s1. The van der Waals surface area contributed by atoms with E-state index in [1.54, 1.807) is 11.3 Å². The fraction of sp³-hybridized carbons (Fsp3) is 0.400. The molecular formula is C20H23NO2S.